The van der Waals surface area contributed by atoms with E-state index in [1.165, 1.54) is 16.2 Å². The van der Waals surface area contributed by atoms with Crippen LogP contribution in [0, 0.1) is 0 Å². The fourth-order valence-corrected chi connectivity index (χ4v) is 4.44. The van der Waals surface area contributed by atoms with E-state index in [1.807, 2.05) is 24.3 Å². The van der Waals surface area contributed by atoms with Crippen LogP contribution in [-0.2, 0) is 20.9 Å². The van der Waals surface area contributed by atoms with Crippen molar-refractivity contribution in [3.63, 3.8) is 0 Å². The van der Waals surface area contributed by atoms with Crippen LogP contribution in [0.4, 0.5) is 0 Å². The summed E-state index contributed by atoms with van der Waals surface area (Å²) in [5.74, 6) is -1.35. The maximum Gasteiger partial charge on any atom is 0.306 e. The van der Waals surface area contributed by atoms with E-state index in [0.29, 0.717) is 11.1 Å². The van der Waals surface area contributed by atoms with Crippen LogP contribution >= 0.6 is 11.3 Å². The van der Waals surface area contributed by atoms with Gasteiger partial charge in [-0.2, -0.15) is 0 Å². The Labute approximate surface area is 190 Å². The average Bonchev–Trinajstić information content (AvgIpc) is 3.26. The van der Waals surface area contributed by atoms with Crippen molar-refractivity contribution in [2.45, 2.75) is 51.8 Å². The lowest BCUT2D eigenvalue weighted by molar-refractivity contribution is -0.155. The van der Waals surface area contributed by atoms with E-state index >= 15 is 0 Å². The highest BCUT2D eigenvalue weighted by Gasteiger charge is 2.37. The Kier molecular flexibility index (Phi) is 6.93. The third-order valence-corrected chi connectivity index (χ3v) is 5.98. The van der Waals surface area contributed by atoms with Crippen molar-refractivity contribution in [2.75, 3.05) is 0 Å². The summed E-state index contributed by atoms with van der Waals surface area (Å²) in [4.78, 5) is 50.2. The molecule has 0 fully saturated rings. The van der Waals surface area contributed by atoms with Crippen LogP contribution in [0.5, 0.6) is 0 Å². The third kappa shape index (κ3) is 5.50. The number of nitrogens with zero attached hydrogens (tertiary/aromatic N) is 1. The zero-order valence-corrected chi connectivity index (χ0v) is 19.1. The molecule has 1 unspecified atom stereocenters. The number of nitrogens with two attached hydrogens (primary N) is 1. The number of amides is 2. The zero-order valence-electron chi connectivity index (χ0n) is 18.3. The topological polar surface area (TPSA) is 107 Å². The van der Waals surface area contributed by atoms with Gasteiger partial charge in [0.15, 0.2) is 0 Å². The number of benzene rings is 1. The molecule has 2 aromatic rings. The van der Waals surface area contributed by atoms with E-state index in [0.717, 1.165) is 22.3 Å². The number of carbonyl (C=O) groups excluding carboxylic acids is 4. The van der Waals surface area contributed by atoms with Gasteiger partial charge in [-0.15, -0.1) is 11.3 Å². The van der Waals surface area contributed by atoms with Gasteiger partial charge in [0, 0.05) is 34.3 Å². The van der Waals surface area contributed by atoms with E-state index in [9.17, 15) is 19.2 Å². The van der Waals surface area contributed by atoms with Crippen LogP contribution in [0.3, 0.4) is 0 Å². The lowest BCUT2D eigenvalue weighted by Crippen LogP contribution is -2.45. The molecule has 8 heteroatoms. The summed E-state index contributed by atoms with van der Waals surface area (Å²) in [6, 6.07) is 6.26. The molecule has 0 saturated carbocycles. The van der Waals surface area contributed by atoms with Crippen molar-refractivity contribution in [3.05, 3.63) is 56.8 Å². The SMILES string of the molecule is CC(C)(C)OC(=O)CCC(C(N)=O)N1Cc2c(csc2/C=C/c2ccc(C=O)cc2)C1=O. The first kappa shape index (κ1) is 23.4. The molecule has 1 atom stereocenters. The Morgan fingerprint density at radius 1 is 1.19 bits per heavy atom. The molecule has 168 valence electrons. The molecule has 7 nitrogen and oxygen atoms in total. The highest BCUT2D eigenvalue weighted by molar-refractivity contribution is 7.11. The minimum absolute atomic E-state index is 0.00888. The first-order valence-electron chi connectivity index (χ1n) is 10.2. The maximum absolute atomic E-state index is 12.9. The molecule has 0 aliphatic carbocycles. The number of hydrogen-bond donors (Lipinski definition) is 1. The number of hydrogen-bond acceptors (Lipinski definition) is 6. The summed E-state index contributed by atoms with van der Waals surface area (Å²) in [6.07, 6.45) is 4.71. The molecule has 0 bridgehead atoms. The summed E-state index contributed by atoms with van der Waals surface area (Å²) in [5, 5.41) is 1.78. The number of thiophene rings is 1. The van der Waals surface area contributed by atoms with Crippen LogP contribution in [-0.4, -0.2) is 40.6 Å². The highest BCUT2D eigenvalue weighted by atomic mass is 32.1. The third-order valence-electron chi connectivity index (χ3n) is 4.99. The maximum atomic E-state index is 12.9. The molecule has 32 heavy (non-hydrogen) atoms. The van der Waals surface area contributed by atoms with Crippen LogP contribution in [0.25, 0.3) is 12.2 Å². The second-order valence-electron chi connectivity index (χ2n) is 8.59. The number of esters is 1. The number of primary amides is 1. The van der Waals surface area contributed by atoms with Gasteiger partial charge in [0.25, 0.3) is 5.91 Å². The number of ether oxygens (including phenoxy) is 1. The van der Waals surface area contributed by atoms with Gasteiger partial charge in [0.05, 0.1) is 5.56 Å². The Balaban J connectivity index is 1.72. The van der Waals surface area contributed by atoms with Gasteiger partial charge in [0.2, 0.25) is 5.91 Å². The molecule has 1 aromatic carbocycles. The van der Waals surface area contributed by atoms with Crippen molar-refractivity contribution in [1.29, 1.82) is 0 Å². The van der Waals surface area contributed by atoms with Crippen LogP contribution in [0.1, 0.15) is 70.3 Å². The Morgan fingerprint density at radius 3 is 2.44 bits per heavy atom. The monoisotopic (exact) mass is 454 g/mol. The largest absolute Gasteiger partial charge is 0.460 e. The lowest BCUT2D eigenvalue weighted by atomic mass is 10.1. The number of carbonyl (C=O) groups is 4. The number of aldehydes is 1. The smallest absolute Gasteiger partial charge is 0.306 e. The normalized spacial score (nSPS) is 14.5. The first-order chi connectivity index (χ1) is 15.1. The van der Waals surface area contributed by atoms with Gasteiger partial charge in [-0.25, -0.2) is 0 Å². The molecule has 0 spiro atoms. The van der Waals surface area contributed by atoms with E-state index < -0.39 is 23.5 Å². The molecule has 1 aliphatic heterocycles. The Morgan fingerprint density at radius 2 is 1.84 bits per heavy atom. The molecule has 0 saturated heterocycles. The quantitative estimate of drug-likeness (QED) is 0.484. The molecule has 2 amide bonds. The van der Waals surface area contributed by atoms with Crippen LogP contribution in [0.2, 0.25) is 0 Å². The molecule has 1 aromatic heterocycles. The zero-order chi connectivity index (χ0) is 23.5. The summed E-state index contributed by atoms with van der Waals surface area (Å²) < 4.78 is 5.29. The van der Waals surface area contributed by atoms with Crippen molar-refractivity contribution >= 4 is 47.6 Å². The van der Waals surface area contributed by atoms with Crippen LogP contribution < -0.4 is 5.73 Å². The molecular weight excluding hydrogens is 428 g/mol. The molecular formula is C24H26N2O5S. The van der Waals surface area contributed by atoms with Gasteiger partial charge in [-0.3, -0.25) is 19.2 Å². The first-order valence-corrected chi connectivity index (χ1v) is 11.1. The lowest BCUT2D eigenvalue weighted by Gasteiger charge is -2.26. The Bertz CT molecular complexity index is 1060. The molecule has 3 rings (SSSR count). The summed E-state index contributed by atoms with van der Waals surface area (Å²) in [6.45, 7) is 5.56. The highest BCUT2D eigenvalue weighted by Crippen LogP contribution is 2.34. The van der Waals surface area contributed by atoms with Gasteiger partial charge >= 0.3 is 5.97 Å². The van der Waals surface area contributed by atoms with E-state index in [2.05, 4.69) is 0 Å². The van der Waals surface area contributed by atoms with Crippen molar-refractivity contribution in [1.82, 2.24) is 4.90 Å². The second-order valence-corrected chi connectivity index (χ2v) is 9.50. The van der Waals surface area contributed by atoms with Crippen molar-refractivity contribution < 1.29 is 23.9 Å². The standard InChI is InChI=1S/C24H26N2O5S/c1-24(2,3)31-21(28)11-9-19(22(25)29)26-12-17-18(23(26)30)14-32-20(17)10-8-15-4-6-16(13-27)7-5-15/h4-8,10,13-14,19H,9,11-12H2,1-3H3,(H2,25,29)/b10-8+. The van der Waals surface area contributed by atoms with Crippen LogP contribution in [0.15, 0.2) is 29.6 Å². The molecule has 2 N–H and O–H groups in total. The van der Waals surface area contributed by atoms with Gasteiger partial charge < -0.3 is 15.4 Å². The second kappa shape index (κ2) is 9.48. The summed E-state index contributed by atoms with van der Waals surface area (Å²) in [5.41, 5.74) is 7.86. The number of fused-ring (bicyclic) bond motifs is 1. The average molecular weight is 455 g/mol. The fourth-order valence-electron chi connectivity index (χ4n) is 3.48. The summed E-state index contributed by atoms with van der Waals surface area (Å²) >= 11 is 1.45. The van der Waals surface area contributed by atoms with Crippen molar-refractivity contribution in [2.24, 2.45) is 5.73 Å². The minimum atomic E-state index is -0.889. The predicted octanol–water partition coefficient (Wildman–Crippen LogP) is 3.66. The van der Waals surface area contributed by atoms with Gasteiger partial charge in [0.1, 0.15) is 17.9 Å². The molecule has 0 radical (unpaired) electrons. The summed E-state index contributed by atoms with van der Waals surface area (Å²) in [7, 11) is 0. The van der Waals surface area contributed by atoms with Gasteiger partial charge in [-0.05, 0) is 38.8 Å². The predicted molar refractivity (Wildman–Crippen MR) is 123 cm³/mol. The van der Waals surface area contributed by atoms with Crippen molar-refractivity contribution in [3.8, 4) is 0 Å². The van der Waals surface area contributed by atoms with E-state index in [4.69, 9.17) is 10.5 Å². The molecule has 2 heterocycles. The fraction of sp³-hybridized carbons (Fsp3) is 0.333. The van der Waals surface area contributed by atoms with E-state index in [1.54, 1.807) is 38.3 Å². The van der Waals surface area contributed by atoms with E-state index in [-0.39, 0.29) is 25.3 Å². The Hall–Kier alpha value is -3.26. The minimum Gasteiger partial charge on any atom is -0.460 e. The number of rotatable bonds is 8. The molecule has 1 aliphatic rings. The van der Waals surface area contributed by atoms with Gasteiger partial charge in [-0.1, -0.05) is 30.3 Å².